The van der Waals surface area contributed by atoms with Gasteiger partial charge < -0.3 is 14.3 Å². The summed E-state index contributed by atoms with van der Waals surface area (Å²) in [4.78, 5) is 20.1. The summed E-state index contributed by atoms with van der Waals surface area (Å²) in [6.07, 6.45) is 0. The fourth-order valence-corrected chi connectivity index (χ4v) is 6.37. The molecule has 0 radical (unpaired) electrons. The second-order valence-corrected chi connectivity index (χ2v) is 14.9. The van der Waals surface area contributed by atoms with Gasteiger partial charge in [-0.15, -0.1) is 0 Å². The molecular weight excluding hydrogens is 487 g/mol. The number of rotatable bonds is 2. The molecular formula is C34H45O3P. The molecule has 4 rings (SSSR count). The SMILES string of the molecule is Cc1cc(C(C)(C)C)c2c3c(OP(O)O)ccc(C(C)(C)C)c3c3c(C(C)(C)C)cc(C)c(C)c3c2c1C. The van der Waals surface area contributed by atoms with Gasteiger partial charge in [0, 0.05) is 5.39 Å². The van der Waals surface area contributed by atoms with E-state index in [4.69, 9.17) is 4.52 Å². The summed E-state index contributed by atoms with van der Waals surface area (Å²) in [5.41, 5.74) is 8.52. The Morgan fingerprint density at radius 2 is 0.895 bits per heavy atom. The third-order valence-electron chi connectivity index (χ3n) is 8.21. The average molecular weight is 533 g/mol. The van der Waals surface area contributed by atoms with Crippen LogP contribution in [-0.4, -0.2) is 9.79 Å². The minimum atomic E-state index is -2.58. The molecule has 0 aliphatic heterocycles. The number of aryl methyl sites for hydroxylation is 4. The maximum Gasteiger partial charge on any atom is 0.391 e. The lowest BCUT2D eigenvalue weighted by molar-refractivity contribution is 0.377. The Hall–Kier alpha value is -2.19. The molecule has 0 saturated carbocycles. The molecule has 0 aliphatic rings. The zero-order valence-electron chi connectivity index (χ0n) is 25.6. The summed E-state index contributed by atoms with van der Waals surface area (Å²) < 4.78 is 5.85. The Balaban J connectivity index is 2.63. The Kier molecular flexibility index (Phi) is 6.97. The first kappa shape index (κ1) is 28.8. The lowest BCUT2D eigenvalue weighted by Crippen LogP contribution is -2.17. The Morgan fingerprint density at radius 3 is 1.26 bits per heavy atom. The fraction of sp³-hybridized carbons (Fsp3) is 0.471. The van der Waals surface area contributed by atoms with Crippen molar-refractivity contribution in [2.24, 2.45) is 0 Å². The number of hydrogen-bond acceptors (Lipinski definition) is 3. The molecule has 4 heteroatoms. The van der Waals surface area contributed by atoms with Gasteiger partial charge in [0.25, 0.3) is 0 Å². The van der Waals surface area contributed by atoms with Gasteiger partial charge in [0.1, 0.15) is 5.75 Å². The summed E-state index contributed by atoms with van der Waals surface area (Å²) >= 11 is 0. The number of benzene rings is 4. The average Bonchev–Trinajstić information content (AvgIpc) is 2.75. The van der Waals surface area contributed by atoms with Crippen molar-refractivity contribution in [3.8, 4) is 5.75 Å². The van der Waals surface area contributed by atoms with Crippen LogP contribution in [0.5, 0.6) is 5.75 Å². The summed E-state index contributed by atoms with van der Waals surface area (Å²) in [6.45, 7) is 29.3. The van der Waals surface area contributed by atoms with Crippen molar-refractivity contribution in [2.75, 3.05) is 0 Å². The van der Waals surface area contributed by atoms with Crippen molar-refractivity contribution in [3.63, 3.8) is 0 Å². The van der Waals surface area contributed by atoms with Crippen molar-refractivity contribution in [2.45, 2.75) is 106 Å². The summed E-state index contributed by atoms with van der Waals surface area (Å²) in [7, 11) is -2.58. The van der Waals surface area contributed by atoms with Gasteiger partial charge in [-0.05, 0) is 116 Å². The van der Waals surface area contributed by atoms with Crippen LogP contribution in [0.1, 0.15) is 101 Å². The second-order valence-electron chi connectivity index (χ2n) is 14.2. The van der Waals surface area contributed by atoms with E-state index in [0.717, 1.165) is 16.2 Å². The molecule has 0 amide bonds. The van der Waals surface area contributed by atoms with Gasteiger partial charge in [0.15, 0.2) is 0 Å². The van der Waals surface area contributed by atoms with Crippen LogP contribution in [0, 0.1) is 27.7 Å². The Morgan fingerprint density at radius 1 is 0.526 bits per heavy atom. The van der Waals surface area contributed by atoms with Gasteiger partial charge in [-0.25, -0.2) is 0 Å². The van der Waals surface area contributed by atoms with E-state index in [0.29, 0.717) is 5.75 Å². The fourth-order valence-electron chi connectivity index (χ4n) is 6.04. The van der Waals surface area contributed by atoms with Crippen molar-refractivity contribution >= 4 is 40.9 Å². The Bertz CT molecular complexity index is 1590. The molecule has 204 valence electrons. The molecule has 3 nitrogen and oxygen atoms in total. The molecule has 0 unspecified atom stereocenters. The smallest absolute Gasteiger partial charge is 0.391 e. The van der Waals surface area contributed by atoms with Crippen molar-refractivity contribution < 1.29 is 14.3 Å². The summed E-state index contributed by atoms with van der Waals surface area (Å²) in [6, 6.07) is 8.76. The minimum absolute atomic E-state index is 0.103. The topological polar surface area (TPSA) is 49.7 Å². The molecule has 0 aromatic heterocycles. The van der Waals surface area contributed by atoms with E-state index in [1.54, 1.807) is 0 Å². The zero-order valence-corrected chi connectivity index (χ0v) is 26.5. The van der Waals surface area contributed by atoms with Gasteiger partial charge in [-0.1, -0.05) is 80.5 Å². The normalized spacial score (nSPS) is 13.4. The van der Waals surface area contributed by atoms with Crippen LogP contribution < -0.4 is 4.52 Å². The monoisotopic (exact) mass is 532 g/mol. The minimum Gasteiger partial charge on any atom is -0.426 e. The van der Waals surface area contributed by atoms with Gasteiger partial charge in [-0.2, -0.15) is 0 Å². The maximum atomic E-state index is 10.1. The lowest BCUT2D eigenvalue weighted by atomic mass is 9.72. The summed E-state index contributed by atoms with van der Waals surface area (Å²) in [5, 5.41) is 7.12. The number of fused-ring (bicyclic) bond motifs is 6. The van der Waals surface area contributed by atoms with E-state index >= 15 is 0 Å². The molecule has 4 aromatic rings. The molecule has 38 heavy (non-hydrogen) atoms. The maximum absolute atomic E-state index is 10.1. The molecule has 0 bridgehead atoms. The van der Waals surface area contributed by atoms with Crippen molar-refractivity contribution in [1.82, 2.24) is 0 Å². The van der Waals surface area contributed by atoms with E-state index in [2.05, 4.69) is 108 Å². The molecule has 0 aliphatic carbocycles. The first-order chi connectivity index (χ1) is 17.3. The van der Waals surface area contributed by atoms with Crippen LogP contribution in [0.4, 0.5) is 0 Å². The quantitative estimate of drug-likeness (QED) is 0.199. The highest BCUT2D eigenvalue weighted by Gasteiger charge is 2.31. The van der Waals surface area contributed by atoms with Crippen LogP contribution >= 0.6 is 8.60 Å². The first-order valence-electron chi connectivity index (χ1n) is 13.6. The third kappa shape index (κ3) is 4.61. The van der Waals surface area contributed by atoms with E-state index in [9.17, 15) is 9.79 Å². The van der Waals surface area contributed by atoms with Crippen LogP contribution in [0.15, 0.2) is 24.3 Å². The van der Waals surface area contributed by atoms with E-state index in [-0.39, 0.29) is 16.2 Å². The second kappa shape index (κ2) is 9.19. The predicted octanol–water partition coefficient (Wildman–Crippen LogP) is 9.86. The zero-order chi connectivity index (χ0) is 28.7. The molecule has 0 heterocycles. The predicted molar refractivity (Wildman–Crippen MR) is 166 cm³/mol. The van der Waals surface area contributed by atoms with Gasteiger partial charge in [0.2, 0.25) is 0 Å². The van der Waals surface area contributed by atoms with Crippen LogP contribution in [0.3, 0.4) is 0 Å². The van der Waals surface area contributed by atoms with Crippen LogP contribution in [0.2, 0.25) is 0 Å². The molecule has 2 N–H and O–H groups in total. The molecule has 0 fully saturated rings. The van der Waals surface area contributed by atoms with Gasteiger partial charge >= 0.3 is 8.60 Å². The first-order valence-corrected chi connectivity index (χ1v) is 14.8. The highest BCUT2D eigenvalue weighted by Crippen LogP contribution is 2.52. The largest absolute Gasteiger partial charge is 0.426 e. The summed E-state index contributed by atoms with van der Waals surface area (Å²) in [5.74, 6) is 0.530. The molecule has 0 saturated heterocycles. The number of hydrogen-bond donors (Lipinski definition) is 2. The van der Waals surface area contributed by atoms with Gasteiger partial charge in [0.05, 0.1) is 0 Å². The standard InChI is InChI=1S/C34H45O3P/c1-18-16-23(33(8,9)10)29-26(20(18)3)27-21(4)19(2)17-24(34(11,12)13)30(27)31-25(37-38(35)36)15-14-22(28(29)31)32(5,6)7/h14-17,35-36H,1-13H3. The van der Waals surface area contributed by atoms with E-state index in [1.165, 1.54) is 55.1 Å². The van der Waals surface area contributed by atoms with E-state index in [1.807, 2.05) is 6.07 Å². The molecule has 0 spiro atoms. The molecule has 0 atom stereocenters. The van der Waals surface area contributed by atoms with Crippen molar-refractivity contribution in [3.05, 3.63) is 63.2 Å². The highest BCUT2D eigenvalue weighted by atomic mass is 31.2. The molecule has 4 aromatic carbocycles. The van der Waals surface area contributed by atoms with Crippen LogP contribution in [-0.2, 0) is 16.2 Å². The Labute approximate surface area is 230 Å². The van der Waals surface area contributed by atoms with Crippen molar-refractivity contribution in [1.29, 1.82) is 0 Å². The van der Waals surface area contributed by atoms with E-state index < -0.39 is 8.60 Å². The lowest BCUT2D eigenvalue weighted by Gasteiger charge is -2.32. The van der Waals surface area contributed by atoms with Crippen LogP contribution in [0.25, 0.3) is 32.3 Å². The van der Waals surface area contributed by atoms with Gasteiger partial charge in [-0.3, -0.25) is 0 Å². The third-order valence-corrected chi connectivity index (χ3v) is 8.57. The highest BCUT2D eigenvalue weighted by molar-refractivity contribution is 7.39.